The highest BCUT2D eigenvalue weighted by atomic mass is 32.2. The fourth-order valence-corrected chi connectivity index (χ4v) is 5.44. The molecule has 2 rings (SSSR count). The molecule has 0 radical (unpaired) electrons. The molecule has 11 atom stereocenters. The van der Waals surface area contributed by atoms with Gasteiger partial charge in [0.05, 0.1) is 42.8 Å². The van der Waals surface area contributed by atoms with Crippen molar-refractivity contribution in [2.24, 2.45) is 0 Å². The highest BCUT2D eigenvalue weighted by molar-refractivity contribution is 8.01. The van der Waals surface area contributed by atoms with Crippen molar-refractivity contribution in [2.75, 3.05) is 20.3 Å². The number of aliphatic carboxylic acids is 1. The number of aliphatic hydroxyl groups is 7. The summed E-state index contributed by atoms with van der Waals surface area (Å²) in [4.78, 5) is 21.5. The number of nitrogens with one attached hydrogen (secondary N) is 1. The summed E-state index contributed by atoms with van der Waals surface area (Å²) in [5, 5.41) is 81.8. The lowest BCUT2D eigenvalue weighted by molar-refractivity contribution is -0.260. The fourth-order valence-electron chi connectivity index (χ4n) is 3.86. The monoisotopic (exact) mass is 501 g/mol. The lowest BCUT2D eigenvalue weighted by Crippen LogP contribution is -2.67. The molecular weight excluding hydrogens is 470 g/mol. The summed E-state index contributed by atoms with van der Waals surface area (Å²) in [5.41, 5.74) is 0. The largest absolute Gasteiger partial charge is 0.478 e. The number of carbonyl (C=O) groups is 2. The average molecular weight is 502 g/mol. The summed E-state index contributed by atoms with van der Waals surface area (Å²) < 4.78 is 15.9. The molecule has 2 fully saturated rings. The van der Waals surface area contributed by atoms with Gasteiger partial charge in [-0.2, -0.15) is 0 Å². The molecule has 14 nitrogen and oxygen atoms in total. The van der Waals surface area contributed by atoms with Gasteiger partial charge in [0.15, 0.2) is 6.29 Å². The maximum atomic E-state index is 12.3. The van der Waals surface area contributed by atoms with Gasteiger partial charge in [-0.15, -0.1) is 11.8 Å². The van der Waals surface area contributed by atoms with Crippen LogP contribution in [0.4, 0.5) is 0 Å². The van der Waals surface area contributed by atoms with Crippen LogP contribution in [0.25, 0.3) is 0 Å². The number of rotatable bonds is 9. The van der Waals surface area contributed by atoms with E-state index in [2.05, 4.69) is 5.32 Å². The second kappa shape index (κ2) is 11.5. The van der Waals surface area contributed by atoms with E-state index in [4.69, 9.17) is 14.2 Å². The standard InChI is InChI=1S/C18H31NO13S/c1-6(22)19-10-7(23)3-18(17(28)29,32-14(10)11(25)8(24)4-20)33-15-9(5-21)31-16(30-2)13(27)12(15)26/h7-16,20-21,23-27H,3-5H2,1-2H3,(H,19,22)(H,28,29)/t7-,8+,9+,10+,11+,12+,13+,14+,15+,16+,18-/m0/s1. The number of carboxylic acids is 1. The van der Waals surface area contributed by atoms with Crippen molar-refractivity contribution in [3.05, 3.63) is 0 Å². The molecule has 0 unspecified atom stereocenters. The molecule has 0 aromatic rings. The summed E-state index contributed by atoms with van der Waals surface area (Å²) >= 11 is 0.419. The second-order valence-corrected chi connectivity index (χ2v) is 9.34. The van der Waals surface area contributed by atoms with Crippen LogP contribution in [-0.4, -0.2) is 138 Å². The van der Waals surface area contributed by atoms with Gasteiger partial charge in [-0.3, -0.25) is 4.79 Å². The minimum Gasteiger partial charge on any atom is -0.478 e. The van der Waals surface area contributed by atoms with Crippen LogP contribution in [0.15, 0.2) is 0 Å². The Bertz CT molecular complexity index is 684. The fraction of sp³-hybridized carbons (Fsp3) is 0.889. The summed E-state index contributed by atoms with van der Waals surface area (Å²) in [6, 6.07) is -1.35. The molecular formula is C18H31NO13S. The number of hydrogen-bond donors (Lipinski definition) is 9. The van der Waals surface area contributed by atoms with E-state index < -0.39 is 96.8 Å². The van der Waals surface area contributed by atoms with Crippen molar-refractivity contribution in [3.8, 4) is 0 Å². The zero-order chi connectivity index (χ0) is 25.1. The molecule has 2 aliphatic heterocycles. The van der Waals surface area contributed by atoms with Gasteiger partial charge >= 0.3 is 5.97 Å². The Hall–Kier alpha value is -1.11. The van der Waals surface area contributed by atoms with Crippen LogP contribution in [0, 0.1) is 0 Å². The Kier molecular flexibility index (Phi) is 9.84. The number of ether oxygens (including phenoxy) is 3. The predicted molar refractivity (Wildman–Crippen MR) is 109 cm³/mol. The van der Waals surface area contributed by atoms with Crippen molar-refractivity contribution in [1.29, 1.82) is 0 Å². The minimum atomic E-state index is -2.38. The van der Waals surface area contributed by atoms with Crippen LogP contribution < -0.4 is 5.32 Å². The third-order valence-electron chi connectivity index (χ3n) is 5.57. The molecule has 1 amide bonds. The van der Waals surface area contributed by atoms with Crippen molar-refractivity contribution in [3.63, 3.8) is 0 Å². The number of amides is 1. The normalized spacial score (nSPS) is 41.2. The zero-order valence-corrected chi connectivity index (χ0v) is 18.7. The maximum Gasteiger partial charge on any atom is 0.346 e. The topological polar surface area (TPSA) is 236 Å². The van der Waals surface area contributed by atoms with Gasteiger partial charge < -0.3 is 60.4 Å². The smallest absolute Gasteiger partial charge is 0.346 e. The molecule has 0 bridgehead atoms. The lowest BCUT2D eigenvalue weighted by atomic mass is 9.89. The van der Waals surface area contributed by atoms with E-state index in [-0.39, 0.29) is 0 Å². The first-order chi connectivity index (χ1) is 15.4. The number of aliphatic hydroxyl groups excluding tert-OH is 7. The molecule has 0 spiro atoms. The second-order valence-electron chi connectivity index (χ2n) is 7.90. The number of thioether (sulfide) groups is 1. The molecule has 15 heteroatoms. The van der Waals surface area contributed by atoms with E-state index in [9.17, 15) is 50.4 Å². The van der Waals surface area contributed by atoms with Gasteiger partial charge in [-0.1, -0.05) is 0 Å². The van der Waals surface area contributed by atoms with Gasteiger partial charge in [0, 0.05) is 20.5 Å². The number of methoxy groups -OCH3 is 1. The van der Waals surface area contributed by atoms with Crippen LogP contribution >= 0.6 is 11.8 Å². The highest BCUT2D eigenvalue weighted by Gasteiger charge is 2.58. The van der Waals surface area contributed by atoms with Gasteiger partial charge in [-0.05, 0) is 0 Å². The summed E-state index contributed by atoms with van der Waals surface area (Å²) in [7, 11) is 1.20. The van der Waals surface area contributed by atoms with Crippen molar-refractivity contribution >= 4 is 23.6 Å². The van der Waals surface area contributed by atoms with Crippen LogP contribution in [0.3, 0.4) is 0 Å². The van der Waals surface area contributed by atoms with Gasteiger partial charge in [-0.25, -0.2) is 4.79 Å². The molecule has 2 saturated heterocycles. The van der Waals surface area contributed by atoms with E-state index in [0.29, 0.717) is 11.8 Å². The van der Waals surface area contributed by atoms with Gasteiger partial charge in [0.25, 0.3) is 0 Å². The summed E-state index contributed by atoms with van der Waals surface area (Å²) in [6.45, 7) is -0.505. The first-order valence-electron chi connectivity index (χ1n) is 10.1. The first-order valence-corrected chi connectivity index (χ1v) is 11.0. The number of carboxylic acid groups (broad SMARTS) is 1. The SMILES string of the molecule is CO[C@@H]1O[C@H](CO)[C@@H](S[C@]2(C(=O)O)C[C@H](O)[C@@H](NC(C)=O)[C@H]([C@H](O)[C@H](O)CO)O2)[C@H](O)[C@H]1O. The summed E-state index contributed by atoms with van der Waals surface area (Å²) in [5.74, 6) is -2.28. The van der Waals surface area contributed by atoms with E-state index >= 15 is 0 Å². The molecule has 0 aliphatic carbocycles. The minimum absolute atomic E-state index is 0.419. The third kappa shape index (κ3) is 5.94. The van der Waals surface area contributed by atoms with E-state index in [0.717, 1.165) is 6.92 Å². The molecule has 2 aliphatic rings. The Morgan fingerprint density at radius 2 is 1.85 bits per heavy atom. The zero-order valence-electron chi connectivity index (χ0n) is 17.9. The van der Waals surface area contributed by atoms with Crippen molar-refractivity contribution < 1.29 is 64.7 Å². The van der Waals surface area contributed by atoms with Gasteiger partial charge in [0.1, 0.15) is 24.4 Å². The third-order valence-corrected chi connectivity index (χ3v) is 7.24. The van der Waals surface area contributed by atoms with Crippen LogP contribution in [0.5, 0.6) is 0 Å². The lowest BCUT2D eigenvalue weighted by Gasteiger charge is -2.49. The Morgan fingerprint density at radius 3 is 2.33 bits per heavy atom. The van der Waals surface area contributed by atoms with Crippen LogP contribution in [0.1, 0.15) is 13.3 Å². The predicted octanol–water partition coefficient (Wildman–Crippen LogP) is -4.68. The Labute approximate surface area is 193 Å². The number of hydrogen-bond acceptors (Lipinski definition) is 13. The van der Waals surface area contributed by atoms with Crippen LogP contribution in [0.2, 0.25) is 0 Å². The molecule has 2 heterocycles. The van der Waals surface area contributed by atoms with Gasteiger partial charge in [0.2, 0.25) is 10.8 Å². The van der Waals surface area contributed by atoms with Crippen molar-refractivity contribution in [2.45, 2.75) is 78.6 Å². The Balaban J connectivity index is 2.42. The van der Waals surface area contributed by atoms with E-state index in [1.807, 2.05) is 0 Å². The molecule has 192 valence electrons. The number of carbonyl (C=O) groups excluding carboxylic acids is 1. The molecule has 9 N–H and O–H groups in total. The summed E-state index contributed by atoms with van der Waals surface area (Å²) in [6.07, 6.45) is -13.5. The maximum absolute atomic E-state index is 12.3. The Morgan fingerprint density at radius 1 is 1.21 bits per heavy atom. The highest BCUT2D eigenvalue weighted by Crippen LogP contribution is 2.45. The van der Waals surface area contributed by atoms with E-state index in [1.54, 1.807) is 0 Å². The molecule has 0 aromatic heterocycles. The van der Waals surface area contributed by atoms with Crippen molar-refractivity contribution in [1.82, 2.24) is 5.32 Å². The van der Waals surface area contributed by atoms with Crippen LogP contribution in [-0.2, 0) is 23.8 Å². The average Bonchev–Trinajstić information content (AvgIpc) is 2.77. The quantitative estimate of drug-likeness (QED) is 0.144. The first kappa shape index (κ1) is 28.1. The molecule has 0 aromatic carbocycles. The van der Waals surface area contributed by atoms with E-state index in [1.165, 1.54) is 7.11 Å². The molecule has 0 saturated carbocycles. The molecule has 33 heavy (non-hydrogen) atoms.